The maximum Gasteiger partial charge on any atom is 0.307 e. The molecule has 3 rings (SSSR count). The smallest absolute Gasteiger partial charge is 0.307 e. The molecule has 0 saturated heterocycles. The van der Waals surface area contributed by atoms with Crippen LogP contribution in [-0.2, 0) is 17.8 Å². The van der Waals surface area contributed by atoms with Crippen molar-refractivity contribution in [3.63, 3.8) is 0 Å². The number of fused-ring (bicyclic) bond motifs is 1. The number of aromatic nitrogens is 2. The molecule has 0 bridgehead atoms. The van der Waals surface area contributed by atoms with Crippen molar-refractivity contribution in [2.75, 3.05) is 0 Å². The number of rotatable bonds is 2. The number of hydrogen-bond acceptors (Lipinski definition) is 2. The van der Waals surface area contributed by atoms with Gasteiger partial charge in [0.05, 0.1) is 16.6 Å². The van der Waals surface area contributed by atoms with Crippen LogP contribution in [0.4, 0.5) is 0 Å². The first kappa shape index (κ1) is 12.2. The van der Waals surface area contributed by atoms with Crippen molar-refractivity contribution in [2.45, 2.75) is 19.4 Å². The van der Waals surface area contributed by atoms with Gasteiger partial charge in [-0.1, -0.05) is 29.8 Å². The lowest BCUT2D eigenvalue weighted by Crippen LogP contribution is -2.25. The molecule has 1 aliphatic rings. The molecule has 0 aliphatic carbocycles. The molecule has 1 aromatic carbocycles. The van der Waals surface area contributed by atoms with E-state index < -0.39 is 5.97 Å². The van der Waals surface area contributed by atoms with Crippen LogP contribution in [0.15, 0.2) is 30.5 Å². The first-order valence-corrected chi connectivity index (χ1v) is 6.56. The predicted molar refractivity (Wildman–Crippen MR) is 72.1 cm³/mol. The van der Waals surface area contributed by atoms with Crippen molar-refractivity contribution >= 4 is 17.6 Å². The van der Waals surface area contributed by atoms with Crippen LogP contribution in [-0.4, -0.2) is 20.6 Å². The number of aliphatic carboxylic acids is 1. The number of halogens is 1. The normalized spacial score (nSPS) is 18.1. The fourth-order valence-corrected chi connectivity index (χ4v) is 2.67. The van der Waals surface area contributed by atoms with E-state index in [1.54, 1.807) is 0 Å². The zero-order valence-electron chi connectivity index (χ0n) is 10.2. The number of aryl methyl sites for hydroxylation is 1. The maximum absolute atomic E-state index is 11.0. The Morgan fingerprint density at radius 1 is 1.42 bits per heavy atom. The van der Waals surface area contributed by atoms with Gasteiger partial charge in [-0.25, -0.2) is 4.98 Å². The molecule has 2 aromatic rings. The zero-order valence-corrected chi connectivity index (χ0v) is 11.0. The number of carboxylic acids is 1. The number of carbonyl (C=O) groups is 1. The second-order valence-corrected chi connectivity index (χ2v) is 5.15. The molecule has 1 aromatic heterocycles. The SMILES string of the molecule is O=C(O)C1CCn2cc(-c3ccccc3Cl)nc2C1. The third kappa shape index (κ3) is 2.24. The highest BCUT2D eigenvalue weighted by Gasteiger charge is 2.26. The molecule has 1 N–H and O–H groups in total. The Labute approximate surface area is 115 Å². The molecular formula is C14H13ClN2O2. The van der Waals surface area contributed by atoms with Gasteiger partial charge in [0.15, 0.2) is 0 Å². The van der Waals surface area contributed by atoms with Crippen LogP contribution in [0.25, 0.3) is 11.3 Å². The van der Waals surface area contributed by atoms with E-state index in [4.69, 9.17) is 16.7 Å². The average Bonchev–Trinajstić information content (AvgIpc) is 2.81. The van der Waals surface area contributed by atoms with Crippen LogP contribution in [0.3, 0.4) is 0 Å². The van der Waals surface area contributed by atoms with E-state index in [0.29, 0.717) is 24.4 Å². The summed E-state index contributed by atoms with van der Waals surface area (Å²) < 4.78 is 2.03. The van der Waals surface area contributed by atoms with E-state index in [1.165, 1.54) is 0 Å². The predicted octanol–water partition coefficient (Wildman–Crippen LogP) is 2.85. The van der Waals surface area contributed by atoms with E-state index in [0.717, 1.165) is 17.1 Å². The summed E-state index contributed by atoms with van der Waals surface area (Å²) in [5.41, 5.74) is 1.70. The largest absolute Gasteiger partial charge is 0.481 e. The van der Waals surface area contributed by atoms with E-state index in [1.807, 2.05) is 35.0 Å². The van der Waals surface area contributed by atoms with Crippen LogP contribution in [0, 0.1) is 5.92 Å². The summed E-state index contributed by atoms with van der Waals surface area (Å²) in [5, 5.41) is 9.73. The molecule has 1 atom stereocenters. The molecule has 19 heavy (non-hydrogen) atoms. The van der Waals surface area contributed by atoms with Gasteiger partial charge in [-0.2, -0.15) is 0 Å². The quantitative estimate of drug-likeness (QED) is 0.918. The molecule has 0 radical (unpaired) electrons. The molecule has 1 unspecified atom stereocenters. The van der Waals surface area contributed by atoms with Crippen molar-refractivity contribution in [1.29, 1.82) is 0 Å². The topological polar surface area (TPSA) is 55.1 Å². The van der Waals surface area contributed by atoms with Crippen LogP contribution in [0.5, 0.6) is 0 Å². The molecular weight excluding hydrogens is 264 g/mol. The fourth-order valence-electron chi connectivity index (χ4n) is 2.44. The molecule has 0 spiro atoms. The molecule has 0 fully saturated rings. The summed E-state index contributed by atoms with van der Waals surface area (Å²) in [5.74, 6) is -0.240. The third-order valence-electron chi connectivity index (χ3n) is 3.51. The summed E-state index contributed by atoms with van der Waals surface area (Å²) in [6.07, 6.45) is 3.09. The number of carboxylic acid groups (broad SMARTS) is 1. The molecule has 98 valence electrons. The van der Waals surface area contributed by atoms with Crippen molar-refractivity contribution in [2.24, 2.45) is 5.92 Å². The van der Waals surface area contributed by atoms with E-state index >= 15 is 0 Å². The lowest BCUT2D eigenvalue weighted by Gasteiger charge is -2.19. The van der Waals surface area contributed by atoms with Crippen molar-refractivity contribution in [1.82, 2.24) is 9.55 Å². The molecule has 5 heteroatoms. The van der Waals surface area contributed by atoms with Crippen molar-refractivity contribution < 1.29 is 9.90 Å². The fraction of sp³-hybridized carbons (Fsp3) is 0.286. The minimum absolute atomic E-state index is 0.325. The van der Waals surface area contributed by atoms with Gasteiger partial charge in [-0.15, -0.1) is 0 Å². The zero-order chi connectivity index (χ0) is 13.4. The van der Waals surface area contributed by atoms with Gasteiger partial charge < -0.3 is 9.67 Å². The van der Waals surface area contributed by atoms with Gasteiger partial charge >= 0.3 is 5.97 Å². The Bertz CT molecular complexity index is 636. The second-order valence-electron chi connectivity index (χ2n) is 4.74. The molecule has 0 saturated carbocycles. The first-order valence-electron chi connectivity index (χ1n) is 6.19. The Morgan fingerprint density at radius 3 is 2.95 bits per heavy atom. The summed E-state index contributed by atoms with van der Waals surface area (Å²) in [7, 11) is 0. The van der Waals surface area contributed by atoms with Gasteiger partial charge in [-0.05, 0) is 12.5 Å². The Kier molecular flexibility index (Phi) is 3.03. The Balaban J connectivity index is 1.96. The van der Waals surface area contributed by atoms with Gasteiger partial charge in [-0.3, -0.25) is 4.79 Å². The highest BCUT2D eigenvalue weighted by molar-refractivity contribution is 6.33. The summed E-state index contributed by atoms with van der Waals surface area (Å²) in [4.78, 5) is 15.6. The highest BCUT2D eigenvalue weighted by Crippen LogP contribution is 2.29. The number of imidazole rings is 1. The highest BCUT2D eigenvalue weighted by atomic mass is 35.5. The molecule has 0 amide bonds. The van der Waals surface area contributed by atoms with E-state index in [2.05, 4.69) is 4.98 Å². The molecule has 4 nitrogen and oxygen atoms in total. The summed E-state index contributed by atoms with van der Waals surface area (Å²) in [6, 6.07) is 7.54. The minimum atomic E-state index is -0.742. The van der Waals surface area contributed by atoms with Gasteiger partial charge in [0, 0.05) is 24.7 Å². The lowest BCUT2D eigenvalue weighted by atomic mass is 9.98. The maximum atomic E-state index is 11.0. The molecule has 1 aliphatic heterocycles. The number of hydrogen-bond donors (Lipinski definition) is 1. The number of benzene rings is 1. The van der Waals surface area contributed by atoms with Crippen LogP contribution >= 0.6 is 11.6 Å². The minimum Gasteiger partial charge on any atom is -0.481 e. The third-order valence-corrected chi connectivity index (χ3v) is 3.84. The van der Waals surface area contributed by atoms with Crippen LogP contribution < -0.4 is 0 Å². The van der Waals surface area contributed by atoms with Crippen LogP contribution in [0.1, 0.15) is 12.2 Å². The van der Waals surface area contributed by atoms with Gasteiger partial charge in [0.25, 0.3) is 0 Å². The van der Waals surface area contributed by atoms with Crippen LogP contribution in [0.2, 0.25) is 5.02 Å². The lowest BCUT2D eigenvalue weighted by molar-refractivity contribution is -0.142. The Hall–Kier alpha value is -1.81. The number of nitrogens with zero attached hydrogens (tertiary/aromatic N) is 2. The summed E-state index contributed by atoms with van der Waals surface area (Å²) >= 11 is 6.16. The second kappa shape index (κ2) is 4.70. The monoisotopic (exact) mass is 276 g/mol. The van der Waals surface area contributed by atoms with Gasteiger partial charge in [0.1, 0.15) is 5.82 Å². The van der Waals surface area contributed by atoms with Crippen molar-refractivity contribution in [3.05, 3.63) is 41.3 Å². The standard InChI is InChI=1S/C14H13ClN2O2/c15-11-4-2-1-3-10(11)12-8-17-6-5-9(14(18)19)7-13(17)16-12/h1-4,8-9H,5-7H2,(H,18,19). The molecule has 2 heterocycles. The van der Waals surface area contributed by atoms with E-state index in [-0.39, 0.29) is 5.92 Å². The first-order chi connectivity index (χ1) is 9.15. The van der Waals surface area contributed by atoms with Crippen molar-refractivity contribution in [3.8, 4) is 11.3 Å². The summed E-state index contributed by atoms with van der Waals surface area (Å²) in [6.45, 7) is 0.698. The van der Waals surface area contributed by atoms with Gasteiger partial charge in [0.2, 0.25) is 0 Å². The average molecular weight is 277 g/mol. The van der Waals surface area contributed by atoms with E-state index in [9.17, 15) is 4.79 Å². The Morgan fingerprint density at radius 2 is 2.21 bits per heavy atom.